The Hall–Kier alpha value is -3.95. The summed E-state index contributed by atoms with van der Waals surface area (Å²) in [5, 5.41) is 11.5. The number of hydroxylamine groups is 1. The summed E-state index contributed by atoms with van der Waals surface area (Å²) in [7, 11) is -3.89. The second-order valence-corrected chi connectivity index (χ2v) is 8.47. The molecule has 0 bridgehead atoms. The van der Waals surface area contributed by atoms with Crippen molar-refractivity contribution in [2.75, 3.05) is 10.0 Å². The fourth-order valence-corrected chi connectivity index (χ4v) is 4.05. The van der Waals surface area contributed by atoms with Gasteiger partial charge in [-0.05, 0) is 53.1 Å². The summed E-state index contributed by atoms with van der Waals surface area (Å²) in [5.41, 5.74) is 4.13. The lowest BCUT2D eigenvalue weighted by atomic mass is 9.97. The van der Waals surface area contributed by atoms with Crippen LogP contribution in [0.2, 0.25) is 0 Å². The molecule has 0 heterocycles. The van der Waals surface area contributed by atoms with Crippen LogP contribution in [0.1, 0.15) is 18.1 Å². The second kappa shape index (κ2) is 9.90. The number of hydrogen-bond donors (Lipinski definition) is 4. The van der Waals surface area contributed by atoms with Crippen LogP contribution in [0.4, 0.5) is 11.4 Å². The summed E-state index contributed by atoms with van der Waals surface area (Å²) in [6.45, 7) is 1.36. The monoisotopic (exact) mass is 451 g/mol. The van der Waals surface area contributed by atoms with E-state index in [0.29, 0.717) is 28.1 Å². The average Bonchev–Trinajstić information content (AvgIpc) is 2.77. The van der Waals surface area contributed by atoms with Gasteiger partial charge in [0.15, 0.2) is 0 Å². The van der Waals surface area contributed by atoms with Crippen LogP contribution in [0.25, 0.3) is 5.57 Å². The summed E-state index contributed by atoms with van der Waals surface area (Å²) in [6, 6.07) is 21.3. The van der Waals surface area contributed by atoms with Crippen LogP contribution in [-0.4, -0.2) is 25.4 Å². The smallest absolute Gasteiger partial charge is 0.267 e. The summed E-state index contributed by atoms with van der Waals surface area (Å²) >= 11 is 0. The van der Waals surface area contributed by atoms with Crippen molar-refractivity contribution in [2.24, 2.45) is 0 Å². The summed E-state index contributed by atoms with van der Waals surface area (Å²) < 4.78 is 28.1. The zero-order valence-electron chi connectivity index (χ0n) is 17.1. The third-order valence-electron chi connectivity index (χ3n) is 4.38. The Kier molecular flexibility index (Phi) is 7.04. The first-order chi connectivity index (χ1) is 15.3. The van der Waals surface area contributed by atoms with Gasteiger partial charge in [-0.3, -0.25) is 19.5 Å². The van der Waals surface area contributed by atoms with Crippen LogP contribution in [0.5, 0.6) is 0 Å². The van der Waals surface area contributed by atoms with Gasteiger partial charge in [-0.2, -0.15) is 0 Å². The van der Waals surface area contributed by atoms with E-state index >= 15 is 0 Å². The Bertz CT molecular complexity index is 1250. The Labute approximate surface area is 185 Å². The Morgan fingerprint density at radius 3 is 2.12 bits per heavy atom. The highest BCUT2D eigenvalue weighted by molar-refractivity contribution is 7.92. The van der Waals surface area contributed by atoms with E-state index < -0.39 is 15.9 Å². The van der Waals surface area contributed by atoms with Crippen LogP contribution in [0.15, 0.2) is 89.8 Å². The lowest BCUT2D eigenvalue weighted by molar-refractivity contribution is -0.124. The molecule has 0 saturated heterocycles. The molecule has 0 spiro atoms. The Morgan fingerprint density at radius 1 is 0.844 bits per heavy atom. The van der Waals surface area contributed by atoms with E-state index in [-0.39, 0.29) is 10.8 Å². The number of hydrogen-bond acceptors (Lipinski definition) is 5. The van der Waals surface area contributed by atoms with E-state index in [1.54, 1.807) is 54.0 Å². The van der Waals surface area contributed by atoms with E-state index in [2.05, 4.69) is 10.0 Å². The predicted octanol–water partition coefficient (Wildman–Crippen LogP) is 3.38. The van der Waals surface area contributed by atoms with Crippen LogP contribution < -0.4 is 15.5 Å². The average molecular weight is 452 g/mol. The van der Waals surface area contributed by atoms with Gasteiger partial charge in [0.05, 0.1) is 4.90 Å². The molecule has 0 atom stereocenters. The minimum Gasteiger partial charge on any atom is -0.326 e. The second-order valence-electron chi connectivity index (χ2n) is 6.79. The van der Waals surface area contributed by atoms with Crippen LogP contribution in [0.3, 0.4) is 0 Å². The number of anilines is 2. The van der Waals surface area contributed by atoms with E-state index in [1.165, 1.54) is 37.3 Å². The van der Waals surface area contributed by atoms with Crippen molar-refractivity contribution in [2.45, 2.75) is 11.8 Å². The largest absolute Gasteiger partial charge is 0.326 e. The van der Waals surface area contributed by atoms with E-state index in [0.717, 1.165) is 0 Å². The van der Waals surface area contributed by atoms with Gasteiger partial charge in [0.1, 0.15) is 0 Å². The fourth-order valence-electron chi connectivity index (χ4n) is 3.00. The highest BCUT2D eigenvalue weighted by Crippen LogP contribution is 2.27. The maximum atomic E-state index is 12.8. The zero-order chi connectivity index (χ0) is 23.1. The third kappa shape index (κ3) is 5.81. The Balaban J connectivity index is 1.91. The van der Waals surface area contributed by atoms with Gasteiger partial charge >= 0.3 is 0 Å². The van der Waals surface area contributed by atoms with Crippen LogP contribution in [-0.2, 0) is 19.6 Å². The topological polar surface area (TPSA) is 125 Å². The van der Waals surface area contributed by atoms with Gasteiger partial charge in [0, 0.05) is 24.4 Å². The summed E-state index contributed by atoms with van der Waals surface area (Å²) in [5.74, 6) is -0.971. The number of rotatable bonds is 7. The van der Waals surface area contributed by atoms with Gasteiger partial charge < -0.3 is 5.32 Å². The lowest BCUT2D eigenvalue weighted by Crippen LogP contribution is -2.16. The van der Waals surface area contributed by atoms with Gasteiger partial charge in [0.25, 0.3) is 15.9 Å². The number of carbonyl (C=O) groups excluding carboxylic acids is 2. The molecule has 0 aromatic heterocycles. The first-order valence-electron chi connectivity index (χ1n) is 9.50. The fraction of sp³-hybridized carbons (Fsp3) is 0.0435. The Morgan fingerprint density at radius 2 is 1.50 bits per heavy atom. The molecule has 3 aromatic rings. The molecule has 9 heteroatoms. The minimum absolute atomic E-state index is 0.0236. The molecule has 164 valence electrons. The number of nitrogens with one attached hydrogen (secondary N) is 3. The summed E-state index contributed by atoms with van der Waals surface area (Å²) in [6.07, 6.45) is 1.23. The minimum atomic E-state index is -3.89. The first kappa shape index (κ1) is 22.7. The maximum absolute atomic E-state index is 12.8. The molecule has 0 aliphatic carbocycles. The number of carbonyl (C=O) groups is 2. The molecule has 0 unspecified atom stereocenters. The van der Waals surface area contributed by atoms with Crippen molar-refractivity contribution in [3.05, 3.63) is 96.1 Å². The van der Waals surface area contributed by atoms with Gasteiger partial charge in [-0.1, -0.05) is 42.5 Å². The first-order valence-corrected chi connectivity index (χ1v) is 11.0. The molecule has 0 radical (unpaired) electrons. The molecular formula is C23H21N3O5S. The van der Waals surface area contributed by atoms with E-state index in [4.69, 9.17) is 5.21 Å². The molecule has 0 saturated carbocycles. The molecule has 0 fully saturated rings. The van der Waals surface area contributed by atoms with Crippen molar-refractivity contribution < 1.29 is 23.2 Å². The number of amides is 2. The summed E-state index contributed by atoms with van der Waals surface area (Å²) in [4.78, 5) is 22.9. The van der Waals surface area contributed by atoms with E-state index in [1.807, 2.05) is 6.07 Å². The molecule has 32 heavy (non-hydrogen) atoms. The normalized spacial score (nSPS) is 11.5. The number of benzene rings is 3. The van der Waals surface area contributed by atoms with Crippen molar-refractivity contribution in [1.82, 2.24) is 5.48 Å². The molecule has 0 aliphatic heterocycles. The van der Waals surface area contributed by atoms with Crippen LogP contribution in [0, 0.1) is 0 Å². The third-order valence-corrected chi connectivity index (χ3v) is 5.78. The molecule has 8 nitrogen and oxygen atoms in total. The van der Waals surface area contributed by atoms with Gasteiger partial charge in [-0.25, -0.2) is 13.9 Å². The van der Waals surface area contributed by atoms with Crippen molar-refractivity contribution >= 4 is 38.8 Å². The lowest BCUT2D eigenvalue weighted by Gasteiger charge is -2.12. The van der Waals surface area contributed by atoms with Gasteiger partial charge in [-0.15, -0.1) is 0 Å². The molecule has 2 amide bonds. The molecule has 3 aromatic carbocycles. The molecule has 0 aliphatic rings. The highest BCUT2D eigenvalue weighted by atomic mass is 32.2. The standard InChI is InChI=1S/C23H21N3O5S/c1-16(27)24-19-10-12-21(13-11-19)32(30,31)26-20-9-5-8-18(14-20)22(15-23(28)25-29)17-6-3-2-4-7-17/h2-15,26,29H,1H3,(H,24,27)(H,25,28). The van der Waals surface area contributed by atoms with Crippen molar-refractivity contribution in [1.29, 1.82) is 0 Å². The van der Waals surface area contributed by atoms with Crippen molar-refractivity contribution in [3.8, 4) is 0 Å². The maximum Gasteiger partial charge on any atom is 0.267 e. The quantitative estimate of drug-likeness (QED) is 0.249. The molecule has 4 N–H and O–H groups in total. The SMILES string of the molecule is CC(=O)Nc1ccc(S(=O)(=O)Nc2cccc(C(=CC(=O)NO)c3ccccc3)c2)cc1. The van der Waals surface area contributed by atoms with Crippen molar-refractivity contribution in [3.63, 3.8) is 0 Å². The highest BCUT2D eigenvalue weighted by Gasteiger charge is 2.15. The predicted molar refractivity (Wildman–Crippen MR) is 121 cm³/mol. The zero-order valence-corrected chi connectivity index (χ0v) is 17.9. The molecule has 3 rings (SSSR count). The van der Waals surface area contributed by atoms with E-state index in [9.17, 15) is 18.0 Å². The molecular weight excluding hydrogens is 430 g/mol. The number of sulfonamides is 1. The van der Waals surface area contributed by atoms with Crippen LogP contribution >= 0.6 is 0 Å². The van der Waals surface area contributed by atoms with Gasteiger partial charge in [0.2, 0.25) is 5.91 Å².